The second-order valence-corrected chi connectivity index (χ2v) is 13.7. The first kappa shape index (κ1) is 49.9. The summed E-state index contributed by atoms with van der Waals surface area (Å²) in [4.78, 5) is 0. The zero-order valence-electron chi connectivity index (χ0n) is 40.6. The Hall–Kier alpha value is -6.76. The Balaban J connectivity index is 0.000000694. The van der Waals surface area contributed by atoms with Crippen LogP contribution in [-0.2, 0) is 0 Å². The van der Waals surface area contributed by atoms with Gasteiger partial charge in [0.25, 0.3) is 0 Å². The van der Waals surface area contributed by atoms with Crippen molar-refractivity contribution >= 4 is 43.1 Å². The van der Waals surface area contributed by atoms with E-state index in [9.17, 15) is 0 Å². The van der Waals surface area contributed by atoms with Gasteiger partial charge in [-0.2, -0.15) is 0 Å². The van der Waals surface area contributed by atoms with Crippen LogP contribution in [0, 0.1) is 0 Å². The van der Waals surface area contributed by atoms with Gasteiger partial charge in [0.15, 0.2) is 0 Å². The van der Waals surface area contributed by atoms with E-state index in [1.165, 1.54) is 98.7 Å². The average molecular weight is 839 g/mol. The smallest absolute Gasteiger partial charge is 0.00261 e. The van der Waals surface area contributed by atoms with E-state index in [1.54, 1.807) is 0 Å². The van der Waals surface area contributed by atoms with E-state index in [0.29, 0.717) is 0 Å². The van der Waals surface area contributed by atoms with Gasteiger partial charge in [0.2, 0.25) is 0 Å². The molecular weight excluding hydrogens is 769 g/mol. The van der Waals surface area contributed by atoms with E-state index in [-0.39, 0.29) is 0 Å². The van der Waals surface area contributed by atoms with Gasteiger partial charge in [-0.3, -0.25) is 0 Å². The lowest BCUT2D eigenvalue weighted by atomic mass is 9.84. The van der Waals surface area contributed by atoms with E-state index < -0.39 is 0 Å². The molecule has 0 aliphatic rings. The molecule has 0 amide bonds. The van der Waals surface area contributed by atoms with Gasteiger partial charge in [-0.05, 0) is 111 Å². The highest BCUT2D eigenvalue weighted by atomic mass is 14.2. The SMILES string of the molecule is CC.CC.CC.CC.CC.CC.c1ccc(-c2ccc3c(-c4ccc(-c5cccc6ccccc56)cc4)c4ccccc4c(-c4ccc(-c5ccc6ccccc6c5)cc4)c3c2)cc1. The zero-order valence-corrected chi connectivity index (χ0v) is 40.6. The summed E-state index contributed by atoms with van der Waals surface area (Å²) < 4.78 is 0. The molecule has 0 atom stereocenters. The highest BCUT2D eigenvalue weighted by Crippen LogP contribution is 2.45. The van der Waals surface area contributed by atoms with Crippen molar-refractivity contribution in [2.75, 3.05) is 0 Å². The van der Waals surface area contributed by atoms with Crippen LogP contribution < -0.4 is 0 Å². The molecule has 0 aromatic heterocycles. The standard InChI is InChI=1S/C52H34.6C2H6/c1-2-11-35(12-3-1)44-31-32-49-50(34-44)52(41-26-21-37(22-27-41)43-30-23-36-13-4-5-15-42(36)33-43)48-19-9-8-18-47(48)51(49)40-28-24-39(25-29-40)46-20-10-16-38-14-6-7-17-45(38)46;6*1-2/h1-34H;6*1-2H3. The van der Waals surface area contributed by atoms with Gasteiger partial charge in [0, 0.05) is 0 Å². The van der Waals surface area contributed by atoms with E-state index in [0.717, 1.165) is 0 Å². The summed E-state index contributed by atoms with van der Waals surface area (Å²) in [5, 5.41) is 10.1. The third kappa shape index (κ3) is 10.9. The first-order valence-corrected chi connectivity index (χ1v) is 24.0. The first-order chi connectivity index (χ1) is 31.8. The minimum absolute atomic E-state index is 1.22. The minimum Gasteiger partial charge on any atom is -0.0683 e. The topological polar surface area (TPSA) is 0 Å². The van der Waals surface area contributed by atoms with Gasteiger partial charge < -0.3 is 0 Å². The van der Waals surface area contributed by atoms with Crippen LogP contribution in [0.25, 0.3) is 98.7 Å². The third-order valence-electron chi connectivity index (χ3n) is 10.7. The van der Waals surface area contributed by atoms with Crippen LogP contribution >= 0.6 is 0 Å². The number of fused-ring (bicyclic) bond motifs is 4. The molecule has 0 saturated heterocycles. The second-order valence-electron chi connectivity index (χ2n) is 13.7. The van der Waals surface area contributed by atoms with Crippen LogP contribution in [0.4, 0.5) is 0 Å². The lowest BCUT2D eigenvalue weighted by Crippen LogP contribution is -1.92. The van der Waals surface area contributed by atoms with Crippen LogP contribution in [0.1, 0.15) is 83.1 Å². The molecular formula is C64H70. The fourth-order valence-corrected chi connectivity index (χ4v) is 8.10. The Kier molecular flexibility index (Phi) is 20.3. The molecule has 0 fully saturated rings. The van der Waals surface area contributed by atoms with Crippen molar-refractivity contribution in [3.8, 4) is 55.6 Å². The van der Waals surface area contributed by atoms with Gasteiger partial charge in [0.1, 0.15) is 0 Å². The largest absolute Gasteiger partial charge is 0.0683 e. The van der Waals surface area contributed by atoms with Gasteiger partial charge >= 0.3 is 0 Å². The van der Waals surface area contributed by atoms with Crippen molar-refractivity contribution in [2.45, 2.75) is 83.1 Å². The molecule has 0 saturated carbocycles. The van der Waals surface area contributed by atoms with Gasteiger partial charge in [-0.1, -0.05) is 277 Å². The maximum absolute atomic E-state index is 2.40. The molecule has 0 heteroatoms. The second kappa shape index (κ2) is 26.0. The van der Waals surface area contributed by atoms with E-state index in [2.05, 4.69) is 206 Å². The Morgan fingerprint density at radius 2 is 0.562 bits per heavy atom. The summed E-state index contributed by atoms with van der Waals surface area (Å²) in [6, 6.07) is 75.6. The molecule has 0 spiro atoms. The molecule has 326 valence electrons. The van der Waals surface area contributed by atoms with Crippen LogP contribution in [0.2, 0.25) is 0 Å². The van der Waals surface area contributed by atoms with E-state index in [1.807, 2.05) is 83.1 Å². The van der Waals surface area contributed by atoms with Crippen molar-refractivity contribution in [1.29, 1.82) is 0 Å². The number of hydrogen-bond acceptors (Lipinski definition) is 0. The molecule has 0 aliphatic carbocycles. The number of rotatable bonds is 5. The summed E-state index contributed by atoms with van der Waals surface area (Å²) >= 11 is 0. The molecule has 0 N–H and O–H groups in total. The van der Waals surface area contributed by atoms with Gasteiger partial charge in [-0.15, -0.1) is 0 Å². The highest BCUT2D eigenvalue weighted by Gasteiger charge is 2.18. The number of benzene rings is 10. The van der Waals surface area contributed by atoms with Crippen LogP contribution in [0.3, 0.4) is 0 Å². The molecule has 0 nitrogen and oxygen atoms in total. The quantitative estimate of drug-likeness (QED) is 0.152. The average Bonchev–Trinajstić information content (AvgIpc) is 3.41. The highest BCUT2D eigenvalue weighted by molar-refractivity contribution is 6.22. The fourth-order valence-electron chi connectivity index (χ4n) is 8.10. The zero-order chi connectivity index (χ0) is 46.4. The van der Waals surface area contributed by atoms with Crippen molar-refractivity contribution in [3.05, 3.63) is 206 Å². The monoisotopic (exact) mass is 839 g/mol. The Bertz CT molecular complexity index is 2910. The minimum atomic E-state index is 1.22. The lowest BCUT2D eigenvalue weighted by Gasteiger charge is -2.19. The molecule has 0 unspecified atom stereocenters. The van der Waals surface area contributed by atoms with Gasteiger partial charge in [-0.25, -0.2) is 0 Å². The van der Waals surface area contributed by atoms with E-state index in [4.69, 9.17) is 0 Å². The Morgan fingerprint density at radius 1 is 0.188 bits per heavy atom. The molecule has 10 aromatic rings. The van der Waals surface area contributed by atoms with Crippen LogP contribution in [-0.4, -0.2) is 0 Å². The van der Waals surface area contributed by atoms with Crippen LogP contribution in [0.15, 0.2) is 206 Å². The van der Waals surface area contributed by atoms with Crippen molar-refractivity contribution in [2.24, 2.45) is 0 Å². The summed E-state index contributed by atoms with van der Waals surface area (Å²) in [7, 11) is 0. The Morgan fingerprint density at radius 3 is 1.16 bits per heavy atom. The normalized spacial score (nSPS) is 9.88. The molecule has 0 radical (unpaired) electrons. The van der Waals surface area contributed by atoms with Crippen molar-refractivity contribution in [3.63, 3.8) is 0 Å². The fraction of sp³-hybridized carbons (Fsp3) is 0.188. The molecule has 0 heterocycles. The van der Waals surface area contributed by atoms with Crippen molar-refractivity contribution in [1.82, 2.24) is 0 Å². The molecule has 64 heavy (non-hydrogen) atoms. The lowest BCUT2D eigenvalue weighted by molar-refractivity contribution is 1.50. The predicted octanol–water partition coefficient (Wildman–Crippen LogP) is 20.8. The maximum atomic E-state index is 2.40. The first-order valence-electron chi connectivity index (χ1n) is 24.0. The molecule has 10 aromatic carbocycles. The van der Waals surface area contributed by atoms with Crippen LogP contribution in [0.5, 0.6) is 0 Å². The summed E-state index contributed by atoms with van der Waals surface area (Å²) in [5.41, 5.74) is 12.3. The summed E-state index contributed by atoms with van der Waals surface area (Å²) in [6.45, 7) is 24.0. The third-order valence-corrected chi connectivity index (χ3v) is 10.7. The predicted molar refractivity (Wildman–Crippen MR) is 292 cm³/mol. The molecule has 10 rings (SSSR count). The molecule has 0 bridgehead atoms. The molecule has 0 aliphatic heterocycles. The Labute approximate surface area is 386 Å². The van der Waals surface area contributed by atoms with E-state index >= 15 is 0 Å². The summed E-state index contributed by atoms with van der Waals surface area (Å²) in [6.07, 6.45) is 0. The number of hydrogen-bond donors (Lipinski definition) is 0. The van der Waals surface area contributed by atoms with Crippen molar-refractivity contribution < 1.29 is 0 Å². The maximum Gasteiger partial charge on any atom is -0.00261 e. The van der Waals surface area contributed by atoms with Gasteiger partial charge in [0.05, 0.1) is 0 Å². The summed E-state index contributed by atoms with van der Waals surface area (Å²) in [5.74, 6) is 0.